The monoisotopic (exact) mass is 214 g/mol. The van der Waals surface area contributed by atoms with Crippen molar-refractivity contribution in [2.45, 2.75) is 26.2 Å². The molecule has 1 saturated carbocycles. The zero-order chi connectivity index (χ0) is 10.3. The SMILES string of the molecule is Cc1nn(C)c(CC2(CO)CC2)c1Cl. The Bertz CT molecular complexity index is 355. The van der Waals surface area contributed by atoms with E-state index in [1.54, 1.807) is 0 Å². The first-order chi connectivity index (χ1) is 6.58. The van der Waals surface area contributed by atoms with Crippen molar-refractivity contribution in [2.75, 3.05) is 6.61 Å². The Balaban J connectivity index is 2.24. The molecule has 1 fully saturated rings. The average Bonchev–Trinajstić information content (AvgIpc) is 2.88. The lowest BCUT2D eigenvalue weighted by Gasteiger charge is -2.11. The topological polar surface area (TPSA) is 38.0 Å². The van der Waals surface area contributed by atoms with E-state index in [1.165, 1.54) is 0 Å². The van der Waals surface area contributed by atoms with Crippen LogP contribution in [0.4, 0.5) is 0 Å². The molecule has 1 aliphatic rings. The van der Waals surface area contributed by atoms with E-state index in [0.717, 1.165) is 35.7 Å². The van der Waals surface area contributed by atoms with Crippen LogP contribution in [0.25, 0.3) is 0 Å². The van der Waals surface area contributed by atoms with Crippen LogP contribution in [0.15, 0.2) is 0 Å². The molecule has 1 aliphatic carbocycles. The Morgan fingerprint density at radius 3 is 2.57 bits per heavy atom. The van der Waals surface area contributed by atoms with Crippen LogP contribution in [0.2, 0.25) is 5.02 Å². The van der Waals surface area contributed by atoms with Gasteiger partial charge in [0, 0.05) is 13.7 Å². The van der Waals surface area contributed by atoms with Gasteiger partial charge in [0.1, 0.15) is 0 Å². The molecule has 0 saturated heterocycles. The second-order valence-electron chi connectivity index (χ2n) is 4.30. The number of aliphatic hydroxyl groups excluding tert-OH is 1. The largest absolute Gasteiger partial charge is 0.396 e. The predicted octanol–water partition coefficient (Wildman–Crippen LogP) is 1.70. The summed E-state index contributed by atoms with van der Waals surface area (Å²) in [6.07, 6.45) is 3.05. The van der Waals surface area contributed by atoms with E-state index in [1.807, 2.05) is 18.7 Å². The van der Waals surface area contributed by atoms with Gasteiger partial charge in [-0.2, -0.15) is 5.10 Å². The molecule has 4 heteroatoms. The third-order valence-corrected chi connectivity index (χ3v) is 3.59. The molecule has 1 aromatic heterocycles. The Labute approximate surface area is 88.7 Å². The second-order valence-corrected chi connectivity index (χ2v) is 4.68. The first-order valence-corrected chi connectivity index (χ1v) is 5.25. The molecule has 78 valence electrons. The van der Waals surface area contributed by atoms with Crippen LogP contribution in [-0.4, -0.2) is 21.5 Å². The maximum Gasteiger partial charge on any atom is 0.0847 e. The van der Waals surface area contributed by atoms with Gasteiger partial charge in [-0.3, -0.25) is 4.68 Å². The predicted molar refractivity (Wildman–Crippen MR) is 55.4 cm³/mol. The van der Waals surface area contributed by atoms with E-state index in [9.17, 15) is 5.11 Å². The first kappa shape index (κ1) is 9.99. The van der Waals surface area contributed by atoms with Crippen LogP contribution in [0, 0.1) is 12.3 Å². The van der Waals surface area contributed by atoms with Crippen molar-refractivity contribution in [1.82, 2.24) is 9.78 Å². The van der Waals surface area contributed by atoms with Crippen LogP contribution < -0.4 is 0 Å². The third kappa shape index (κ3) is 1.55. The molecule has 1 aromatic rings. The smallest absolute Gasteiger partial charge is 0.0847 e. The zero-order valence-corrected chi connectivity index (χ0v) is 9.30. The van der Waals surface area contributed by atoms with Gasteiger partial charge in [-0.1, -0.05) is 11.6 Å². The van der Waals surface area contributed by atoms with Crippen LogP contribution in [0.5, 0.6) is 0 Å². The number of hydrogen-bond donors (Lipinski definition) is 1. The molecule has 0 aromatic carbocycles. The van der Waals surface area contributed by atoms with Gasteiger partial charge in [-0.15, -0.1) is 0 Å². The number of hydrogen-bond acceptors (Lipinski definition) is 2. The molecule has 0 atom stereocenters. The maximum atomic E-state index is 9.23. The van der Waals surface area contributed by atoms with Crippen LogP contribution in [0.3, 0.4) is 0 Å². The number of aliphatic hydroxyl groups is 1. The number of nitrogens with zero attached hydrogens (tertiary/aromatic N) is 2. The standard InChI is InChI=1S/C10H15ClN2O/c1-7-9(11)8(13(2)12-7)5-10(6-14)3-4-10/h14H,3-6H2,1-2H3. The van der Waals surface area contributed by atoms with Crippen molar-refractivity contribution in [3.8, 4) is 0 Å². The fourth-order valence-electron chi connectivity index (χ4n) is 1.79. The van der Waals surface area contributed by atoms with E-state index in [2.05, 4.69) is 5.10 Å². The molecule has 14 heavy (non-hydrogen) atoms. The fraction of sp³-hybridized carbons (Fsp3) is 0.700. The minimum absolute atomic E-state index is 0.101. The lowest BCUT2D eigenvalue weighted by Crippen LogP contribution is -2.13. The van der Waals surface area contributed by atoms with Crippen molar-refractivity contribution >= 4 is 11.6 Å². The molecule has 0 amide bonds. The first-order valence-electron chi connectivity index (χ1n) is 4.87. The average molecular weight is 215 g/mol. The van der Waals surface area contributed by atoms with E-state index in [4.69, 9.17) is 11.6 Å². The number of aromatic nitrogens is 2. The van der Waals surface area contributed by atoms with Crippen molar-refractivity contribution in [3.63, 3.8) is 0 Å². The highest BCUT2D eigenvalue weighted by atomic mass is 35.5. The number of aryl methyl sites for hydroxylation is 2. The van der Waals surface area contributed by atoms with Gasteiger partial charge in [0.25, 0.3) is 0 Å². The highest BCUT2D eigenvalue weighted by Crippen LogP contribution is 2.48. The lowest BCUT2D eigenvalue weighted by atomic mass is 10.0. The van der Waals surface area contributed by atoms with Gasteiger partial charge < -0.3 is 5.11 Å². The molecular weight excluding hydrogens is 200 g/mol. The molecule has 0 radical (unpaired) electrons. The van der Waals surface area contributed by atoms with Gasteiger partial charge in [0.15, 0.2) is 0 Å². The summed E-state index contributed by atoms with van der Waals surface area (Å²) in [6, 6.07) is 0. The summed E-state index contributed by atoms with van der Waals surface area (Å²) in [5, 5.41) is 14.3. The molecule has 0 unspecified atom stereocenters. The van der Waals surface area contributed by atoms with E-state index in [0.29, 0.717) is 0 Å². The highest BCUT2D eigenvalue weighted by Gasteiger charge is 2.43. The van der Waals surface area contributed by atoms with Crippen LogP contribution in [0.1, 0.15) is 24.2 Å². The zero-order valence-electron chi connectivity index (χ0n) is 8.55. The summed E-state index contributed by atoms with van der Waals surface area (Å²) in [5.74, 6) is 0. The molecule has 0 bridgehead atoms. The Morgan fingerprint density at radius 1 is 1.57 bits per heavy atom. The van der Waals surface area contributed by atoms with Crippen LogP contribution >= 0.6 is 11.6 Å². The molecule has 0 spiro atoms. The summed E-state index contributed by atoms with van der Waals surface area (Å²) in [4.78, 5) is 0. The van der Waals surface area contributed by atoms with Gasteiger partial charge >= 0.3 is 0 Å². The summed E-state index contributed by atoms with van der Waals surface area (Å²) in [7, 11) is 1.90. The van der Waals surface area contributed by atoms with Crippen molar-refractivity contribution < 1.29 is 5.11 Å². The molecule has 2 rings (SSSR count). The van der Waals surface area contributed by atoms with E-state index >= 15 is 0 Å². The summed E-state index contributed by atoms with van der Waals surface area (Å²) in [5.41, 5.74) is 2.03. The lowest BCUT2D eigenvalue weighted by molar-refractivity contribution is 0.209. The summed E-state index contributed by atoms with van der Waals surface area (Å²) >= 11 is 6.14. The minimum atomic E-state index is 0.101. The summed E-state index contributed by atoms with van der Waals surface area (Å²) in [6.45, 7) is 2.16. The number of rotatable bonds is 3. The third-order valence-electron chi connectivity index (χ3n) is 3.10. The van der Waals surface area contributed by atoms with Crippen molar-refractivity contribution in [2.24, 2.45) is 12.5 Å². The van der Waals surface area contributed by atoms with E-state index < -0.39 is 0 Å². The van der Waals surface area contributed by atoms with Gasteiger partial charge in [-0.05, 0) is 31.6 Å². The Kier molecular flexibility index (Phi) is 2.32. The molecule has 1 N–H and O–H groups in total. The quantitative estimate of drug-likeness (QED) is 0.832. The highest BCUT2D eigenvalue weighted by molar-refractivity contribution is 6.31. The minimum Gasteiger partial charge on any atom is -0.396 e. The van der Waals surface area contributed by atoms with Crippen LogP contribution in [-0.2, 0) is 13.5 Å². The van der Waals surface area contributed by atoms with Gasteiger partial charge in [0.05, 0.1) is 16.4 Å². The van der Waals surface area contributed by atoms with E-state index in [-0.39, 0.29) is 12.0 Å². The normalized spacial score (nSPS) is 18.6. The van der Waals surface area contributed by atoms with Crippen molar-refractivity contribution in [3.05, 3.63) is 16.4 Å². The maximum absolute atomic E-state index is 9.23. The Morgan fingerprint density at radius 2 is 2.21 bits per heavy atom. The summed E-state index contributed by atoms with van der Waals surface area (Å²) < 4.78 is 1.83. The number of halogens is 1. The second kappa shape index (κ2) is 3.24. The van der Waals surface area contributed by atoms with Crippen molar-refractivity contribution in [1.29, 1.82) is 0 Å². The molecule has 0 aliphatic heterocycles. The molecular formula is C10H15ClN2O. The van der Waals surface area contributed by atoms with Gasteiger partial charge in [-0.25, -0.2) is 0 Å². The Hall–Kier alpha value is -0.540. The molecule has 3 nitrogen and oxygen atoms in total. The van der Waals surface area contributed by atoms with Gasteiger partial charge in [0.2, 0.25) is 0 Å². The molecule has 1 heterocycles. The fourth-order valence-corrected chi connectivity index (χ4v) is 2.02.